The summed E-state index contributed by atoms with van der Waals surface area (Å²) in [6.07, 6.45) is -0.455. The van der Waals surface area contributed by atoms with Crippen molar-refractivity contribution in [1.82, 2.24) is 9.80 Å². The first kappa shape index (κ1) is 21.7. The molecule has 150 valence electrons. The highest BCUT2D eigenvalue weighted by Crippen LogP contribution is 2.35. The summed E-state index contributed by atoms with van der Waals surface area (Å²) in [5.41, 5.74) is 0.899. The molecule has 1 heterocycles. The van der Waals surface area contributed by atoms with Crippen LogP contribution in [0.2, 0.25) is 0 Å². The van der Waals surface area contributed by atoms with Gasteiger partial charge in [0.15, 0.2) is 0 Å². The summed E-state index contributed by atoms with van der Waals surface area (Å²) >= 11 is 0. The monoisotopic (exact) mass is 404 g/mol. The Morgan fingerprint density at radius 1 is 1.14 bits per heavy atom. The molecule has 0 spiro atoms. The van der Waals surface area contributed by atoms with Gasteiger partial charge in [-0.3, -0.25) is 0 Å². The fourth-order valence-electron chi connectivity index (χ4n) is 2.91. The average Bonchev–Trinajstić information content (AvgIpc) is 2.66. The fraction of sp³-hybridized carbons (Fsp3) is 0.333. The number of amides is 1. The highest BCUT2D eigenvalue weighted by molar-refractivity contribution is 6.08. The first-order valence-corrected chi connectivity index (χ1v) is 8.92. The first-order chi connectivity index (χ1) is 12.8. The van der Waals surface area contributed by atoms with Crippen LogP contribution in [0.3, 0.4) is 0 Å². The Morgan fingerprint density at radius 2 is 1.79 bits per heavy atom. The van der Waals surface area contributed by atoms with Crippen LogP contribution in [0.15, 0.2) is 45.6 Å². The number of carbonyl (C=O) groups excluding carboxylic acids is 1. The summed E-state index contributed by atoms with van der Waals surface area (Å²) in [6, 6.07) is 10.9. The van der Waals surface area contributed by atoms with E-state index in [4.69, 9.17) is 9.15 Å². The zero-order valence-electron chi connectivity index (χ0n) is 16.7. The van der Waals surface area contributed by atoms with Crippen molar-refractivity contribution in [3.8, 4) is 5.75 Å². The van der Waals surface area contributed by atoms with E-state index in [0.29, 0.717) is 34.0 Å². The lowest BCUT2D eigenvalue weighted by atomic mass is 10.0. The third-order valence-electron chi connectivity index (χ3n) is 4.95. The number of nitrogens with zero attached hydrogens (tertiary/aromatic N) is 2. The van der Waals surface area contributed by atoms with Gasteiger partial charge in [-0.1, -0.05) is 18.2 Å². The van der Waals surface area contributed by atoms with E-state index in [1.54, 1.807) is 19.2 Å². The molecule has 0 aliphatic rings. The molecule has 1 unspecified atom stereocenters. The maximum Gasteiger partial charge on any atom is 0.414 e. The molecule has 0 radical (unpaired) electrons. The van der Waals surface area contributed by atoms with Crippen molar-refractivity contribution in [3.63, 3.8) is 0 Å². The van der Waals surface area contributed by atoms with Gasteiger partial charge < -0.3 is 19.0 Å². The van der Waals surface area contributed by atoms with E-state index < -0.39 is 11.7 Å². The van der Waals surface area contributed by atoms with E-state index in [-0.39, 0.29) is 18.4 Å². The second-order valence-electron chi connectivity index (χ2n) is 6.85. The summed E-state index contributed by atoms with van der Waals surface area (Å²) in [5.74, 6) is 0.390. The number of benzene rings is 2. The molecule has 2 aromatic carbocycles. The van der Waals surface area contributed by atoms with Crippen LogP contribution >= 0.6 is 12.4 Å². The molecule has 28 heavy (non-hydrogen) atoms. The van der Waals surface area contributed by atoms with Crippen molar-refractivity contribution in [1.29, 1.82) is 0 Å². The van der Waals surface area contributed by atoms with Crippen molar-refractivity contribution < 1.29 is 13.9 Å². The topological polar surface area (TPSA) is 63.0 Å². The van der Waals surface area contributed by atoms with Gasteiger partial charge in [0.25, 0.3) is 0 Å². The maximum absolute atomic E-state index is 12.4. The molecule has 0 bridgehead atoms. The minimum atomic E-state index is -0.455. The summed E-state index contributed by atoms with van der Waals surface area (Å²) in [4.78, 5) is 28.3. The van der Waals surface area contributed by atoms with Crippen molar-refractivity contribution in [2.45, 2.75) is 19.9 Å². The van der Waals surface area contributed by atoms with Crippen LogP contribution in [0.25, 0.3) is 21.7 Å². The molecular formula is C21H25ClN2O4. The van der Waals surface area contributed by atoms with Crippen molar-refractivity contribution in [2.75, 3.05) is 27.7 Å². The molecule has 7 heteroatoms. The smallest absolute Gasteiger partial charge is 0.414 e. The average molecular weight is 405 g/mol. The van der Waals surface area contributed by atoms with E-state index in [1.165, 1.54) is 4.90 Å². The predicted octanol–water partition coefficient (Wildman–Crippen LogP) is 4.44. The number of ether oxygens (including phenoxy) is 1. The zero-order chi connectivity index (χ0) is 19.7. The van der Waals surface area contributed by atoms with Gasteiger partial charge in [0.05, 0.1) is 10.8 Å². The highest BCUT2D eigenvalue weighted by atomic mass is 35.5. The molecule has 0 N–H and O–H groups in total. The Hall–Kier alpha value is -2.57. The number of hydrogen-bond acceptors (Lipinski definition) is 5. The van der Waals surface area contributed by atoms with Crippen molar-refractivity contribution in [2.24, 2.45) is 0 Å². The van der Waals surface area contributed by atoms with Gasteiger partial charge in [-0.2, -0.15) is 0 Å². The first-order valence-electron chi connectivity index (χ1n) is 8.92. The fourth-order valence-corrected chi connectivity index (χ4v) is 2.91. The van der Waals surface area contributed by atoms with E-state index in [1.807, 2.05) is 57.1 Å². The molecule has 1 aromatic heterocycles. The predicted molar refractivity (Wildman–Crippen MR) is 114 cm³/mol. The second kappa shape index (κ2) is 8.63. The minimum absolute atomic E-state index is 0. The van der Waals surface area contributed by atoms with Gasteiger partial charge >= 0.3 is 11.7 Å². The molecule has 0 fully saturated rings. The molecule has 0 aliphatic heterocycles. The standard InChI is InChI=1S/C21H24N2O4.ClH/c1-6-23(5)21(25)27-18-12-14(13(2)22(3)4)11-17-19(18)15-9-7-8-10-16(15)20(24)26-17;/h7-13H,6H2,1-5H3;1H. The number of halogens is 1. The third kappa shape index (κ3) is 3.98. The molecule has 1 amide bonds. The minimum Gasteiger partial charge on any atom is -0.422 e. The zero-order valence-corrected chi connectivity index (χ0v) is 17.5. The van der Waals surface area contributed by atoms with Gasteiger partial charge in [0.2, 0.25) is 0 Å². The molecular weight excluding hydrogens is 380 g/mol. The molecule has 1 atom stereocenters. The molecule has 0 saturated carbocycles. The van der Waals surface area contributed by atoms with Gasteiger partial charge in [-0.25, -0.2) is 9.59 Å². The normalized spacial score (nSPS) is 12.1. The van der Waals surface area contributed by atoms with Crippen LogP contribution in [0.1, 0.15) is 25.5 Å². The van der Waals surface area contributed by atoms with E-state index in [2.05, 4.69) is 0 Å². The Kier molecular flexibility index (Phi) is 6.69. The Bertz CT molecular complexity index is 1060. The summed E-state index contributed by atoms with van der Waals surface area (Å²) in [6.45, 7) is 4.43. The SMILES string of the molecule is CCN(C)C(=O)Oc1cc(C(C)N(C)C)cc2oc(=O)c3ccccc3c12.Cl. The van der Waals surface area contributed by atoms with Crippen LogP contribution in [-0.2, 0) is 0 Å². The van der Waals surface area contributed by atoms with Crippen LogP contribution < -0.4 is 10.4 Å². The van der Waals surface area contributed by atoms with Crippen LogP contribution in [0.5, 0.6) is 5.75 Å². The number of fused-ring (bicyclic) bond motifs is 3. The summed E-state index contributed by atoms with van der Waals surface area (Å²) in [7, 11) is 5.60. The maximum atomic E-state index is 12.4. The third-order valence-corrected chi connectivity index (χ3v) is 4.95. The Balaban J connectivity index is 0.00000280. The van der Waals surface area contributed by atoms with E-state index in [9.17, 15) is 9.59 Å². The lowest BCUT2D eigenvalue weighted by Gasteiger charge is -2.22. The number of carbonyl (C=O) groups is 1. The lowest BCUT2D eigenvalue weighted by Crippen LogP contribution is -2.29. The molecule has 3 rings (SSSR count). The molecule has 3 aromatic rings. The van der Waals surface area contributed by atoms with Crippen LogP contribution in [-0.4, -0.2) is 43.6 Å². The van der Waals surface area contributed by atoms with Crippen LogP contribution in [0, 0.1) is 0 Å². The summed E-state index contributed by atoms with van der Waals surface area (Å²) in [5, 5.41) is 1.78. The Labute approximate surface area is 170 Å². The van der Waals surface area contributed by atoms with Crippen molar-refractivity contribution >= 4 is 40.2 Å². The molecule has 0 aliphatic carbocycles. The molecule has 6 nitrogen and oxygen atoms in total. The van der Waals surface area contributed by atoms with Crippen LogP contribution in [0.4, 0.5) is 4.79 Å². The lowest BCUT2D eigenvalue weighted by molar-refractivity contribution is 0.165. The quantitative estimate of drug-likeness (QED) is 0.475. The molecule has 0 saturated heterocycles. The van der Waals surface area contributed by atoms with E-state index >= 15 is 0 Å². The van der Waals surface area contributed by atoms with E-state index in [0.717, 1.165) is 5.56 Å². The number of hydrogen-bond donors (Lipinski definition) is 0. The van der Waals surface area contributed by atoms with Gasteiger partial charge in [0, 0.05) is 25.0 Å². The summed E-state index contributed by atoms with van der Waals surface area (Å²) < 4.78 is 11.3. The number of rotatable bonds is 4. The van der Waals surface area contributed by atoms with Gasteiger partial charge in [0.1, 0.15) is 11.3 Å². The van der Waals surface area contributed by atoms with Crippen molar-refractivity contribution in [3.05, 3.63) is 52.4 Å². The largest absolute Gasteiger partial charge is 0.422 e. The Morgan fingerprint density at radius 3 is 2.39 bits per heavy atom. The van der Waals surface area contributed by atoms with Gasteiger partial charge in [-0.15, -0.1) is 12.4 Å². The van der Waals surface area contributed by atoms with Gasteiger partial charge in [-0.05, 0) is 51.7 Å². The highest BCUT2D eigenvalue weighted by Gasteiger charge is 2.20. The second-order valence-corrected chi connectivity index (χ2v) is 6.85.